The molecule has 9 heterocycles. The summed E-state index contributed by atoms with van der Waals surface area (Å²) in [4.78, 5) is 32.8. The summed E-state index contributed by atoms with van der Waals surface area (Å²) in [6, 6.07) is 0. The fraction of sp³-hybridized carbons (Fsp3) is 0.964. The second-order valence-corrected chi connectivity index (χ2v) is 42.3. The lowest BCUT2D eigenvalue weighted by molar-refractivity contribution is -0.187. The van der Waals surface area contributed by atoms with E-state index in [9.17, 15) is 14.4 Å². The molecule has 14 atom stereocenters. The minimum atomic E-state index is -0.0336. The molecule has 0 bridgehead atoms. The predicted molar refractivity (Wildman–Crippen MR) is 442 cm³/mol. The van der Waals surface area contributed by atoms with Gasteiger partial charge in [0.05, 0.1) is 50.7 Å². The standard InChI is InChI=1S/2C8H14O.C8H16.C7H12O2.2C7H14O.2C7H14S.2C6H12O2.2C6H12S2/c2*1-6-3-4-7(2)8(9)5-6;1-7-3-5-8(2)6-4-7;1-5-3-4-6(2)9-7(5)8;4*1-6-3-4-7(2)8-5-6;4*1-5-3-7-6(2)8-4-5/h2*6-7H,3-5H2,1-2H3;7-8H,3-6H2,1-2H3;5-6H,3-4H2,1-2H3;4*6-7H,3-5H2,1-2H3;4*5-6H,3-4H2,1-2H3. The first-order valence-corrected chi connectivity index (χ1v) is 46.6. The molecule has 0 N–H and O–H groups in total. The molecule has 12 rings (SSSR count). The molecule has 99 heavy (non-hydrogen) atoms. The minimum Gasteiger partial charge on any atom is -0.462 e. The normalized spacial score (nSPS) is 38.9. The lowest BCUT2D eigenvalue weighted by Gasteiger charge is -2.24. The van der Waals surface area contributed by atoms with Crippen LogP contribution >= 0.6 is 70.6 Å². The van der Waals surface area contributed by atoms with Crippen molar-refractivity contribution in [3.63, 3.8) is 0 Å². The van der Waals surface area contributed by atoms with E-state index in [0.717, 1.165) is 145 Å². The topological polar surface area (TPSA) is 116 Å². The number of carbonyl (C=O) groups is 3. The third-order valence-electron chi connectivity index (χ3n) is 20.3. The van der Waals surface area contributed by atoms with Crippen molar-refractivity contribution in [3.8, 4) is 0 Å². The summed E-state index contributed by atoms with van der Waals surface area (Å²) in [5.74, 6) is 19.9. The Balaban J connectivity index is 0.000000540. The highest BCUT2D eigenvalue weighted by molar-refractivity contribution is 8.17. The maximum Gasteiger partial charge on any atom is 0.308 e. The van der Waals surface area contributed by atoms with Gasteiger partial charge in [0.1, 0.15) is 11.6 Å². The average molecular weight is 1510 g/mol. The first kappa shape index (κ1) is 97.7. The quantitative estimate of drug-likeness (QED) is 0.214. The minimum absolute atomic E-state index is 0.0196. The Labute approximate surface area is 639 Å². The van der Waals surface area contributed by atoms with Gasteiger partial charge in [0.15, 0.2) is 12.6 Å². The van der Waals surface area contributed by atoms with Crippen LogP contribution < -0.4 is 0 Å². The Kier molecular flexibility index (Phi) is 57.9. The van der Waals surface area contributed by atoms with Gasteiger partial charge in [0, 0.05) is 69.4 Å². The van der Waals surface area contributed by atoms with Crippen LogP contribution in [-0.4, -0.2) is 142 Å². The summed E-state index contributed by atoms with van der Waals surface area (Å²) in [6.07, 6.45) is 26.5. The molecule has 0 radical (unpaired) electrons. The van der Waals surface area contributed by atoms with Gasteiger partial charge in [0.25, 0.3) is 0 Å². The maximum atomic E-state index is 11.0. The van der Waals surface area contributed by atoms with Crippen LogP contribution in [0.3, 0.4) is 0 Å². The number of rotatable bonds is 0. The van der Waals surface area contributed by atoms with Gasteiger partial charge in [-0.15, -0.1) is 47.0 Å². The monoisotopic (exact) mass is 1510 g/mol. The van der Waals surface area contributed by atoms with E-state index in [1.807, 2.05) is 41.5 Å². The fourth-order valence-corrected chi connectivity index (χ4v) is 19.1. The van der Waals surface area contributed by atoms with Crippen molar-refractivity contribution in [2.24, 2.45) is 88.8 Å². The lowest BCUT2D eigenvalue weighted by atomic mass is 9.83. The molecular weight excluding hydrogens is 1350 g/mol. The molecule has 9 aliphatic heterocycles. The highest BCUT2D eigenvalue weighted by Crippen LogP contribution is 2.35. The van der Waals surface area contributed by atoms with E-state index < -0.39 is 0 Å². The zero-order valence-electron chi connectivity index (χ0n) is 68.5. The van der Waals surface area contributed by atoms with E-state index >= 15 is 0 Å². The summed E-state index contributed by atoms with van der Waals surface area (Å²) in [6.45, 7) is 57.7. The van der Waals surface area contributed by atoms with Crippen LogP contribution in [0.4, 0.5) is 0 Å². The predicted octanol–water partition coefficient (Wildman–Crippen LogP) is 23.9. The van der Waals surface area contributed by atoms with Crippen LogP contribution in [-0.2, 0) is 47.5 Å². The number of cyclic esters (lactones) is 1. The van der Waals surface area contributed by atoms with E-state index in [1.165, 1.54) is 124 Å². The van der Waals surface area contributed by atoms with E-state index in [0.29, 0.717) is 59.3 Å². The number of carbonyl (C=O) groups excluding carboxylic acids is 3. The Bertz CT molecular complexity index is 1460. The van der Waals surface area contributed by atoms with Crippen molar-refractivity contribution >= 4 is 88.1 Å². The van der Waals surface area contributed by atoms with E-state index in [2.05, 4.69) is 195 Å². The molecule has 10 nitrogen and oxygen atoms in total. The number of Topliss-reactive ketones (excluding diaryl/α,β-unsaturated/α-hetero) is 2. The van der Waals surface area contributed by atoms with Crippen molar-refractivity contribution in [1.29, 1.82) is 0 Å². The molecule has 588 valence electrons. The molecule has 3 aliphatic carbocycles. The zero-order chi connectivity index (χ0) is 74.4. The lowest BCUT2D eigenvalue weighted by Crippen LogP contribution is -2.27. The van der Waals surface area contributed by atoms with Crippen molar-refractivity contribution in [1.82, 2.24) is 0 Å². The second kappa shape index (κ2) is 58.7. The van der Waals surface area contributed by atoms with Crippen molar-refractivity contribution in [3.05, 3.63) is 0 Å². The van der Waals surface area contributed by atoms with E-state index in [-0.39, 0.29) is 30.6 Å². The van der Waals surface area contributed by atoms with Crippen LogP contribution in [0, 0.1) is 88.8 Å². The highest BCUT2D eigenvalue weighted by atomic mass is 32.2. The van der Waals surface area contributed by atoms with Crippen LogP contribution in [0.15, 0.2) is 0 Å². The second-order valence-electron chi connectivity index (χ2n) is 33.3. The van der Waals surface area contributed by atoms with Crippen LogP contribution in [0.5, 0.6) is 0 Å². The van der Waals surface area contributed by atoms with E-state index in [1.54, 1.807) is 0 Å². The van der Waals surface area contributed by atoms with Crippen LogP contribution in [0.2, 0.25) is 0 Å². The summed E-state index contributed by atoms with van der Waals surface area (Å²) in [5.41, 5.74) is 0. The maximum absolute atomic E-state index is 11.0. The Hall–Kier alpha value is 0.670. The van der Waals surface area contributed by atoms with Crippen LogP contribution in [0.25, 0.3) is 0 Å². The molecule has 0 aromatic rings. The molecule has 9 saturated heterocycles. The van der Waals surface area contributed by atoms with Crippen molar-refractivity contribution < 1.29 is 47.5 Å². The Morgan fingerprint density at radius 1 is 0.242 bits per heavy atom. The molecule has 0 amide bonds. The van der Waals surface area contributed by atoms with Crippen LogP contribution in [0.1, 0.15) is 295 Å². The number of ether oxygens (including phenoxy) is 7. The number of hydrogen-bond donors (Lipinski definition) is 0. The van der Waals surface area contributed by atoms with Gasteiger partial charge in [-0.3, -0.25) is 14.4 Å². The number of thioether (sulfide) groups is 6. The number of hydrogen-bond acceptors (Lipinski definition) is 16. The molecule has 14 unspecified atom stereocenters. The van der Waals surface area contributed by atoms with Gasteiger partial charge >= 0.3 is 5.97 Å². The fourth-order valence-electron chi connectivity index (χ4n) is 11.9. The van der Waals surface area contributed by atoms with Gasteiger partial charge in [-0.05, 0) is 232 Å². The molecule has 12 fully saturated rings. The van der Waals surface area contributed by atoms with Crippen molar-refractivity contribution in [2.45, 2.75) is 345 Å². The SMILES string of the molecule is CC1CCC(C)C(=O)C1.CC1CCC(C)C(=O)C1.CC1CCC(C)C(=O)O1.CC1CCC(C)CC1.CC1CCC(C)OC1.CC1CCC(C)OC1.CC1CCC(C)SC1.CC1CCC(C)SC1.CC1COC(C)OC1.CC1COC(C)OC1.CC1CSC(C)SC1.CC1CSC(C)SC1. The summed E-state index contributed by atoms with van der Waals surface area (Å²) < 4.78 is 38.1. The average Bonchev–Trinajstić information content (AvgIpc) is 1.17. The van der Waals surface area contributed by atoms with Gasteiger partial charge < -0.3 is 33.2 Å². The first-order valence-electron chi connectivity index (χ1n) is 40.3. The zero-order valence-corrected chi connectivity index (χ0v) is 73.4. The number of esters is 1. The molecular formula is C83H160O10S6. The van der Waals surface area contributed by atoms with Gasteiger partial charge in [-0.25, -0.2) is 0 Å². The number of ketones is 2. The molecule has 0 aromatic heterocycles. The smallest absolute Gasteiger partial charge is 0.308 e. The Morgan fingerprint density at radius 3 is 0.737 bits per heavy atom. The van der Waals surface area contributed by atoms with Gasteiger partial charge in [-0.1, -0.05) is 143 Å². The molecule has 0 aromatic carbocycles. The van der Waals surface area contributed by atoms with Crippen molar-refractivity contribution in [2.75, 3.05) is 74.2 Å². The largest absolute Gasteiger partial charge is 0.462 e. The third kappa shape index (κ3) is 54.8. The summed E-state index contributed by atoms with van der Waals surface area (Å²) >= 11 is 12.6. The molecule has 12 aliphatic rings. The molecule has 0 spiro atoms. The van der Waals surface area contributed by atoms with Gasteiger partial charge in [-0.2, -0.15) is 23.5 Å². The summed E-state index contributed by atoms with van der Waals surface area (Å²) in [7, 11) is 0. The highest BCUT2D eigenvalue weighted by Gasteiger charge is 2.26. The molecule has 3 saturated carbocycles. The first-order chi connectivity index (χ1) is 46.7. The van der Waals surface area contributed by atoms with Gasteiger partial charge in [0.2, 0.25) is 0 Å². The van der Waals surface area contributed by atoms with E-state index in [4.69, 9.17) is 33.2 Å². The molecule has 16 heteroatoms. The summed E-state index contributed by atoms with van der Waals surface area (Å²) in [5, 5.41) is 1.87. The Morgan fingerprint density at radius 2 is 0.515 bits per heavy atom. The third-order valence-corrected chi connectivity index (χ3v) is 30.0.